The Labute approximate surface area is 67.5 Å². The molecule has 0 aromatic carbocycles. The number of rotatable bonds is 1. The van der Waals surface area contributed by atoms with Gasteiger partial charge in [0.1, 0.15) is 6.04 Å². The van der Waals surface area contributed by atoms with Gasteiger partial charge in [-0.3, -0.25) is 4.79 Å². The molecule has 1 aliphatic rings. The van der Waals surface area contributed by atoms with Crippen LogP contribution in [0, 0.1) is 0 Å². The van der Waals surface area contributed by atoms with Gasteiger partial charge in [0.15, 0.2) is 0 Å². The Morgan fingerprint density at radius 3 is 2.75 bits per heavy atom. The maximum Gasteiger partial charge on any atom is 0.405 e. The summed E-state index contributed by atoms with van der Waals surface area (Å²) in [5.41, 5.74) is 0. The molecule has 0 aromatic heterocycles. The fraction of sp³-hybridized carbons (Fsp3) is 0.500. The highest BCUT2D eigenvalue weighted by Gasteiger charge is 2.29. The van der Waals surface area contributed by atoms with Gasteiger partial charge >= 0.3 is 18.0 Å². The predicted molar refractivity (Wildman–Crippen MR) is 35.3 cm³/mol. The van der Waals surface area contributed by atoms with Gasteiger partial charge in [-0.2, -0.15) is 0 Å². The van der Waals surface area contributed by atoms with Crippen molar-refractivity contribution in [1.29, 1.82) is 0 Å². The quantitative estimate of drug-likeness (QED) is 0.411. The Kier molecular flexibility index (Phi) is 2.27. The lowest BCUT2D eigenvalue weighted by atomic mass is 10.1. The van der Waals surface area contributed by atoms with Crippen LogP contribution in [0.2, 0.25) is 0 Å². The molecule has 0 saturated carbocycles. The summed E-state index contributed by atoms with van der Waals surface area (Å²) in [6, 6.07) is -0.903. The van der Waals surface area contributed by atoms with E-state index in [2.05, 4.69) is 4.74 Å². The van der Waals surface area contributed by atoms with Crippen molar-refractivity contribution < 1.29 is 24.2 Å². The minimum Gasteiger partial charge on any atom is -0.465 e. The van der Waals surface area contributed by atoms with E-state index < -0.39 is 24.1 Å². The first-order valence-corrected chi connectivity index (χ1v) is 3.33. The van der Waals surface area contributed by atoms with Crippen LogP contribution in [0.3, 0.4) is 0 Å². The molecular formula is C6H7NO5. The summed E-state index contributed by atoms with van der Waals surface area (Å²) < 4.78 is 4.20. The molecule has 0 bridgehead atoms. The molecule has 1 saturated heterocycles. The Hall–Kier alpha value is -1.59. The van der Waals surface area contributed by atoms with E-state index in [0.717, 1.165) is 0 Å². The molecule has 1 fully saturated rings. The Bertz CT molecular complexity index is 236. The molecule has 1 unspecified atom stereocenters. The van der Waals surface area contributed by atoms with E-state index in [1.807, 2.05) is 5.32 Å². The molecule has 6 nitrogen and oxygen atoms in total. The summed E-state index contributed by atoms with van der Waals surface area (Å²) in [4.78, 5) is 31.3. The highest BCUT2D eigenvalue weighted by molar-refractivity contribution is 5.92. The molecule has 2 N–H and O–H groups in total. The lowest BCUT2D eigenvalue weighted by molar-refractivity contribution is -0.165. The van der Waals surface area contributed by atoms with Gasteiger partial charge in [-0.1, -0.05) is 0 Å². The molecule has 0 radical (unpaired) electrons. The molecule has 1 rings (SSSR count). The second kappa shape index (κ2) is 3.21. The van der Waals surface area contributed by atoms with E-state index in [1.54, 1.807) is 0 Å². The first-order valence-electron chi connectivity index (χ1n) is 3.33. The molecular weight excluding hydrogens is 166 g/mol. The number of carbonyl (C=O) groups is 3. The van der Waals surface area contributed by atoms with Crippen LogP contribution in [0.15, 0.2) is 0 Å². The van der Waals surface area contributed by atoms with Gasteiger partial charge < -0.3 is 15.2 Å². The SMILES string of the molecule is O=C(O)NC1CCC(=O)OC1=O. The monoisotopic (exact) mass is 173 g/mol. The van der Waals surface area contributed by atoms with Gasteiger partial charge in [-0.05, 0) is 6.42 Å². The summed E-state index contributed by atoms with van der Waals surface area (Å²) in [6.45, 7) is 0. The minimum atomic E-state index is -1.30. The van der Waals surface area contributed by atoms with Crippen molar-refractivity contribution in [3.63, 3.8) is 0 Å². The predicted octanol–water partition coefficient (Wildman–Crippen LogP) is -0.514. The van der Waals surface area contributed by atoms with Crippen LogP contribution in [-0.4, -0.2) is 29.2 Å². The number of hydrogen-bond donors (Lipinski definition) is 2. The van der Waals surface area contributed by atoms with Gasteiger partial charge in [0, 0.05) is 6.42 Å². The normalized spacial score (nSPS) is 23.2. The zero-order valence-corrected chi connectivity index (χ0v) is 6.07. The lowest BCUT2D eigenvalue weighted by Gasteiger charge is -2.18. The third kappa shape index (κ3) is 1.94. The molecule has 1 atom stereocenters. The number of carbonyl (C=O) groups excluding carboxylic acids is 2. The van der Waals surface area contributed by atoms with Gasteiger partial charge in [0.2, 0.25) is 0 Å². The maximum atomic E-state index is 10.8. The topological polar surface area (TPSA) is 92.7 Å². The molecule has 1 heterocycles. The molecule has 12 heavy (non-hydrogen) atoms. The van der Waals surface area contributed by atoms with Crippen molar-refractivity contribution in [3.05, 3.63) is 0 Å². The summed E-state index contributed by atoms with van der Waals surface area (Å²) >= 11 is 0. The number of amides is 1. The fourth-order valence-corrected chi connectivity index (χ4v) is 0.895. The number of ether oxygens (including phenoxy) is 1. The zero-order chi connectivity index (χ0) is 9.14. The van der Waals surface area contributed by atoms with Crippen LogP contribution in [0.4, 0.5) is 4.79 Å². The van der Waals surface area contributed by atoms with E-state index in [1.165, 1.54) is 0 Å². The average molecular weight is 173 g/mol. The molecule has 1 aliphatic heterocycles. The summed E-state index contributed by atoms with van der Waals surface area (Å²) in [5.74, 6) is -1.43. The Balaban J connectivity index is 2.51. The van der Waals surface area contributed by atoms with Crippen molar-refractivity contribution in [2.45, 2.75) is 18.9 Å². The first-order chi connectivity index (χ1) is 5.59. The summed E-state index contributed by atoms with van der Waals surface area (Å²) in [6.07, 6.45) is -1.06. The largest absolute Gasteiger partial charge is 0.465 e. The van der Waals surface area contributed by atoms with Crippen molar-refractivity contribution in [3.8, 4) is 0 Å². The molecule has 1 amide bonds. The van der Waals surface area contributed by atoms with Crippen LogP contribution in [0.5, 0.6) is 0 Å². The van der Waals surface area contributed by atoms with Gasteiger partial charge in [-0.25, -0.2) is 9.59 Å². The maximum absolute atomic E-state index is 10.8. The van der Waals surface area contributed by atoms with Crippen LogP contribution < -0.4 is 5.32 Å². The Morgan fingerprint density at radius 1 is 1.58 bits per heavy atom. The highest BCUT2D eigenvalue weighted by Crippen LogP contribution is 2.08. The van der Waals surface area contributed by atoms with E-state index in [0.29, 0.717) is 0 Å². The van der Waals surface area contributed by atoms with Crippen LogP contribution in [0.1, 0.15) is 12.8 Å². The second-order valence-corrected chi connectivity index (χ2v) is 2.33. The van der Waals surface area contributed by atoms with Crippen molar-refractivity contribution in [1.82, 2.24) is 5.32 Å². The summed E-state index contributed by atoms with van der Waals surface area (Å²) in [5, 5.41) is 10.2. The number of hydrogen-bond acceptors (Lipinski definition) is 4. The van der Waals surface area contributed by atoms with E-state index in [-0.39, 0.29) is 12.8 Å². The lowest BCUT2D eigenvalue weighted by Crippen LogP contribution is -2.44. The first kappa shape index (κ1) is 8.51. The molecule has 6 heteroatoms. The van der Waals surface area contributed by atoms with Gasteiger partial charge in [0.25, 0.3) is 0 Å². The smallest absolute Gasteiger partial charge is 0.405 e. The third-order valence-electron chi connectivity index (χ3n) is 1.43. The zero-order valence-electron chi connectivity index (χ0n) is 6.07. The van der Waals surface area contributed by atoms with Crippen LogP contribution in [0.25, 0.3) is 0 Å². The van der Waals surface area contributed by atoms with Crippen molar-refractivity contribution in [2.75, 3.05) is 0 Å². The Morgan fingerprint density at radius 2 is 2.25 bits per heavy atom. The second-order valence-electron chi connectivity index (χ2n) is 2.33. The number of nitrogens with one attached hydrogen (secondary N) is 1. The van der Waals surface area contributed by atoms with E-state index in [9.17, 15) is 14.4 Å². The van der Waals surface area contributed by atoms with Crippen molar-refractivity contribution >= 4 is 18.0 Å². The van der Waals surface area contributed by atoms with E-state index >= 15 is 0 Å². The van der Waals surface area contributed by atoms with Crippen molar-refractivity contribution in [2.24, 2.45) is 0 Å². The standard InChI is InChI=1S/C6H7NO5/c8-4-2-1-3(5(9)12-4)7-6(10)11/h3,7H,1-2H2,(H,10,11). The van der Waals surface area contributed by atoms with E-state index in [4.69, 9.17) is 5.11 Å². The highest BCUT2D eigenvalue weighted by atomic mass is 16.6. The van der Waals surface area contributed by atoms with Gasteiger partial charge in [0.05, 0.1) is 0 Å². The summed E-state index contributed by atoms with van der Waals surface area (Å²) in [7, 11) is 0. The molecule has 0 aromatic rings. The fourth-order valence-electron chi connectivity index (χ4n) is 0.895. The molecule has 66 valence electrons. The van der Waals surface area contributed by atoms with Crippen LogP contribution >= 0.6 is 0 Å². The molecule has 0 aliphatic carbocycles. The number of cyclic esters (lactones) is 2. The number of esters is 2. The minimum absolute atomic E-state index is 0.0662. The van der Waals surface area contributed by atoms with Crippen LogP contribution in [-0.2, 0) is 14.3 Å². The molecule has 0 spiro atoms. The third-order valence-corrected chi connectivity index (χ3v) is 1.43. The average Bonchev–Trinajstić information content (AvgIpc) is 1.94. The van der Waals surface area contributed by atoms with Gasteiger partial charge in [-0.15, -0.1) is 0 Å². The number of carboxylic acid groups (broad SMARTS) is 1.